The van der Waals surface area contributed by atoms with Gasteiger partial charge in [-0.25, -0.2) is 0 Å². The summed E-state index contributed by atoms with van der Waals surface area (Å²) >= 11 is 5.73. The fourth-order valence-corrected chi connectivity index (χ4v) is 2.89. The maximum atomic E-state index is 11.3. The third kappa shape index (κ3) is 2.14. The molecule has 0 aromatic carbocycles. The SMILES string of the molecule is O=C1CCC2(CCN(c3ccc(Cl)nn3)CC2)N1. The molecular formula is C12H15ClN4O. The van der Waals surface area contributed by atoms with E-state index in [0.717, 1.165) is 38.2 Å². The van der Waals surface area contributed by atoms with Crippen LogP contribution in [0.25, 0.3) is 0 Å². The Kier molecular flexibility index (Phi) is 2.86. The van der Waals surface area contributed by atoms with E-state index in [2.05, 4.69) is 20.4 Å². The van der Waals surface area contributed by atoms with E-state index in [1.807, 2.05) is 6.07 Å². The van der Waals surface area contributed by atoms with Crippen LogP contribution in [0.4, 0.5) is 5.82 Å². The Morgan fingerprint density at radius 1 is 1.22 bits per heavy atom. The van der Waals surface area contributed by atoms with Gasteiger partial charge in [-0.15, -0.1) is 10.2 Å². The van der Waals surface area contributed by atoms with Crippen LogP contribution in [0.2, 0.25) is 5.15 Å². The van der Waals surface area contributed by atoms with Gasteiger partial charge < -0.3 is 10.2 Å². The summed E-state index contributed by atoms with van der Waals surface area (Å²) in [5.41, 5.74) is 0.0352. The molecule has 6 heteroatoms. The van der Waals surface area contributed by atoms with Crippen molar-refractivity contribution in [1.82, 2.24) is 15.5 Å². The van der Waals surface area contributed by atoms with E-state index in [1.165, 1.54) is 0 Å². The number of rotatable bonds is 1. The zero-order valence-corrected chi connectivity index (χ0v) is 10.8. The average Bonchev–Trinajstić information content (AvgIpc) is 2.73. The van der Waals surface area contributed by atoms with Crippen molar-refractivity contribution in [2.75, 3.05) is 18.0 Å². The maximum Gasteiger partial charge on any atom is 0.220 e. The van der Waals surface area contributed by atoms with E-state index in [9.17, 15) is 4.79 Å². The normalized spacial score (nSPS) is 22.3. The van der Waals surface area contributed by atoms with Crippen LogP contribution in [0.15, 0.2) is 12.1 Å². The Bertz CT molecular complexity index is 454. The van der Waals surface area contributed by atoms with Gasteiger partial charge in [0.05, 0.1) is 0 Å². The highest BCUT2D eigenvalue weighted by atomic mass is 35.5. The number of anilines is 1. The Morgan fingerprint density at radius 3 is 2.56 bits per heavy atom. The van der Waals surface area contributed by atoms with Crippen molar-refractivity contribution in [3.8, 4) is 0 Å². The molecule has 0 radical (unpaired) electrons. The van der Waals surface area contributed by atoms with Crippen molar-refractivity contribution in [3.63, 3.8) is 0 Å². The quantitative estimate of drug-likeness (QED) is 0.834. The zero-order chi connectivity index (χ0) is 12.6. The first-order valence-corrected chi connectivity index (χ1v) is 6.60. The van der Waals surface area contributed by atoms with E-state index < -0.39 is 0 Å². The number of carbonyl (C=O) groups excluding carboxylic acids is 1. The number of hydrogen-bond acceptors (Lipinski definition) is 4. The Labute approximate surface area is 111 Å². The minimum Gasteiger partial charge on any atom is -0.355 e. The van der Waals surface area contributed by atoms with Gasteiger partial charge in [0.15, 0.2) is 11.0 Å². The Hall–Kier alpha value is -1.36. The molecular weight excluding hydrogens is 252 g/mol. The first kappa shape index (κ1) is 11.7. The minimum absolute atomic E-state index is 0.0352. The van der Waals surface area contributed by atoms with Crippen LogP contribution in [0, 0.1) is 0 Å². The van der Waals surface area contributed by atoms with Crippen molar-refractivity contribution in [3.05, 3.63) is 17.3 Å². The van der Waals surface area contributed by atoms with Crippen LogP contribution in [-0.2, 0) is 4.79 Å². The predicted molar refractivity (Wildman–Crippen MR) is 68.6 cm³/mol. The van der Waals surface area contributed by atoms with E-state index in [0.29, 0.717) is 11.6 Å². The van der Waals surface area contributed by atoms with Gasteiger partial charge in [-0.1, -0.05) is 11.6 Å². The second-order valence-electron chi connectivity index (χ2n) is 5.03. The van der Waals surface area contributed by atoms with Crippen LogP contribution >= 0.6 is 11.6 Å². The molecule has 96 valence electrons. The number of piperidine rings is 1. The number of halogens is 1. The molecule has 2 aliphatic heterocycles. The Balaban J connectivity index is 1.66. The van der Waals surface area contributed by atoms with Crippen molar-refractivity contribution in [2.45, 2.75) is 31.2 Å². The molecule has 3 heterocycles. The molecule has 0 aliphatic carbocycles. The predicted octanol–water partition coefficient (Wildman–Crippen LogP) is 1.38. The van der Waals surface area contributed by atoms with Gasteiger partial charge in [-0.3, -0.25) is 4.79 Å². The van der Waals surface area contributed by atoms with Crippen molar-refractivity contribution in [1.29, 1.82) is 0 Å². The second-order valence-corrected chi connectivity index (χ2v) is 5.42. The van der Waals surface area contributed by atoms with E-state index in [-0.39, 0.29) is 11.4 Å². The first-order valence-electron chi connectivity index (χ1n) is 6.22. The summed E-state index contributed by atoms with van der Waals surface area (Å²) in [6, 6.07) is 3.65. The van der Waals surface area contributed by atoms with Crippen molar-refractivity contribution < 1.29 is 4.79 Å². The fourth-order valence-electron chi connectivity index (χ4n) is 2.79. The van der Waals surface area contributed by atoms with Gasteiger partial charge in [0.1, 0.15) is 0 Å². The molecule has 0 unspecified atom stereocenters. The highest BCUT2D eigenvalue weighted by molar-refractivity contribution is 6.29. The van der Waals surface area contributed by atoms with Crippen molar-refractivity contribution >= 4 is 23.3 Å². The molecule has 1 amide bonds. The number of nitrogens with zero attached hydrogens (tertiary/aromatic N) is 3. The Morgan fingerprint density at radius 2 is 2.00 bits per heavy atom. The summed E-state index contributed by atoms with van der Waals surface area (Å²) in [5, 5.41) is 11.5. The van der Waals surface area contributed by atoms with Gasteiger partial charge >= 0.3 is 0 Å². The average molecular weight is 267 g/mol. The molecule has 0 saturated carbocycles. The number of nitrogens with one attached hydrogen (secondary N) is 1. The highest BCUT2D eigenvalue weighted by Crippen LogP contribution is 2.32. The second kappa shape index (κ2) is 4.39. The monoisotopic (exact) mass is 266 g/mol. The van der Waals surface area contributed by atoms with Gasteiger partial charge in [-0.2, -0.15) is 0 Å². The third-order valence-corrected chi connectivity index (χ3v) is 4.10. The van der Waals surface area contributed by atoms with Crippen LogP contribution in [-0.4, -0.2) is 34.7 Å². The number of aromatic nitrogens is 2. The van der Waals surface area contributed by atoms with Crippen LogP contribution in [0.3, 0.4) is 0 Å². The first-order chi connectivity index (χ1) is 8.67. The standard InChI is InChI=1S/C12H15ClN4O/c13-9-1-2-10(16-15-9)17-7-5-12(6-8-17)4-3-11(18)14-12/h1-2H,3-8H2,(H,14,18). The summed E-state index contributed by atoms with van der Waals surface area (Å²) in [5.74, 6) is 1.05. The topological polar surface area (TPSA) is 58.1 Å². The van der Waals surface area contributed by atoms with E-state index in [1.54, 1.807) is 6.07 Å². The third-order valence-electron chi connectivity index (χ3n) is 3.90. The lowest BCUT2D eigenvalue weighted by molar-refractivity contribution is -0.119. The molecule has 2 fully saturated rings. The van der Waals surface area contributed by atoms with Gasteiger partial charge in [0.25, 0.3) is 0 Å². The van der Waals surface area contributed by atoms with Crippen LogP contribution in [0.5, 0.6) is 0 Å². The molecule has 2 aliphatic rings. The molecule has 18 heavy (non-hydrogen) atoms. The summed E-state index contributed by atoms with van der Waals surface area (Å²) in [6.07, 6.45) is 3.58. The fraction of sp³-hybridized carbons (Fsp3) is 0.583. The van der Waals surface area contributed by atoms with Crippen LogP contribution < -0.4 is 10.2 Å². The number of carbonyl (C=O) groups is 1. The molecule has 1 aromatic rings. The largest absolute Gasteiger partial charge is 0.355 e. The van der Waals surface area contributed by atoms with Crippen LogP contribution in [0.1, 0.15) is 25.7 Å². The van der Waals surface area contributed by atoms with Gasteiger partial charge in [-0.05, 0) is 31.4 Å². The minimum atomic E-state index is 0.0352. The van der Waals surface area contributed by atoms with Gasteiger partial charge in [0, 0.05) is 25.0 Å². The summed E-state index contributed by atoms with van der Waals surface area (Å²) in [4.78, 5) is 13.5. The van der Waals surface area contributed by atoms with Crippen molar-refractivity contribution in [2.24, 2.45) is 0 Å². The molecule has 1 N–H and O–H groups in total. The molecule has 1 aromatic heterocycles. The zero-order valence-electron chi connectivity index (χ0n) is 10.0. The summed E-state index contributed by atoms with van der Waals surface area (Å²) in [6.45, 7) is 1.80. The molecule has 0 bridgehead atoms. The number of amides is 1. The maximum absolute atomic E-state index is 11.3. The molecule has 5 nitrogen and oxygen atoms in total. The van der Waals surface area contributed by atoms with E-state index in [4.69, 9.17) is 11.6 Å². The summed E-state index contributed by atoms with van der Waals surface area (Å²) < 4.78 is 0. The molecule has 2 saturated heterocycles. The molecule has 3 rings (SSSR count). The molecule has 1 spiro atoms. The van der Waals surface area contributed by atoms with E-state index >= 15 is 0 Å². The summed E-state index contributed by atoms with van der Waals surface area (Å²) in [7, 11) is 0. The lowest BCUT2D eigenvalue weighted by Crippen LogP contribution is -2.51. The molecule has 0 atom stereocenters. The highest BCUT2D eigenvalue weighted by Gasteiger charge is 2.40. The smallest absolute Gasteiger partial charge is 0.220 e. The van der Waals surface area contributed by atoms with Gasteiger partial charge in [0.2, 0.25) is 5.91 Å². The lowest BCUT2D eigenvalue weighted by Gasteiger charge is -2.39. The lowest BCUT2D eigenvalue weighted by atomic mass is 9.86. The number of hydrogen-bond donors (Lipinski definition) is 1.